The Labute approximate surface area is 457 Å². The van der Waals surface area contributed by atoms with Crippen molar-refractivity contribution in [1.29, 1.82) is 0 Å². The van der Waals surface area contributed by atoms with Gasteiger partial charge in [-0.25, -0.2) is 18.4 Å². The highest BCUT2D eigenvalue weighted by Gasteiger charge is 2.54. The number of aromatic amines is 2. The van der Waals surface area contributed by atoms with E-state index in [1.807, 2.05) is 100 Å². The number of alkyl carbamates (subject to hydrolysis) is 2. The van der Waals surface area contributed by atoms with Crippen LogP contribution in [0.2, 0.25) is 0 Å². The lowest BCUT2D eigenvalue weighted by Gasteiger charge is -2.36. The van der Waals surface area contributed by atoms with Crippen molar-refractivity contribution in [1.82, 2.24) is 35.3 Å². The summed E-state index contributed by atoms with van der Waals surface area (Å²) in [6.07, 6.45) is 16.7. The number of amides is 5. The van der Waals surface area contributed by atoms with Crippen LogP contribution in [0.25, 0.3) is 21.8 Å². The van der Waals surface area contributed by atoms with E-state index in [4.69, 9.17) is 9.47 Å². The number of H-pyrrole nitrogens is 2. The lowest BCUT2D eigenvalue weighted by Crippen LogP contribution is -2.55. The summed E-state index contributed by atoms with van der Waals surface area (Å²) >= 11 is 0. The quantitative estimate of drug-likeness (QED) is 0.114. The number of hydrogen-bond donors (Lipinski definition) is 4. The van der Waals surface area contributed by atoms with Crippen LogP contribution >= 0.6 is 0 Å². The van der Waals surface area contributed by atoms with Crippen LogP contribution in [0.3, 0.4) is 0 Å². The van der Waals surface area contributed by atoms with Gasteiger partial charge in [0.2, 0.25) is 11.8 Å². The van der Waals surface area contributed by atoms with Crippen molar-refractivity contribution in [2.45, 2.75) is 185 Å². The Kier molecular flexibility index (Phi) is 16.0. The highest BCUT2D eigenvalue weighted by atomic mass is 19.1. The smallest absolute Gasteiger partial charge is 0.408 e. The Morgan fingerprint density at radius 3 is 1.56 bits per heavy atom. The summed E-state index contributed by atoms with van der Waals surface area (Å²) < 4.78 is 39.0. The first-order chi connectivity index (χ1) is 37.3. The van der Waals surface area contributed by atoms with E-state index < -0.39 is 35.5 Å². The van der Waals surface area contributed by atoms with Gasteiger partial charge in [0, 0.05) is 77.3 Å². The summed E-state index contributed by atoms with van der Waals surface area (Å²) in [5.41, 5.74) is 2.91. The second kappa shape index (κ2) is 22.7. The number of hydrogen-bond acceptors (Lipinski definition) is 7. The van der Waals surface area contributed by atoms with Gasteiger partial charge in [0.05, 0.1) is 12.1 Å². The molecule has 78 heavy (non-hydrogen) atoms. The Bertz CT molecular complexity index is 2970. The number of halogens is 2. The molecule has 5 heterocycles. The largest absolute Gasteiger partial charge is 0.444 e. The molecule has 6 aliphatic rings. The molecule has 4 N–H and O–H groups in total. The van der Waals surface area contributed by atoms with E-state index in [1.54, 1.807) is 6.07 Å². The molecule has 3 aliphatic carbocycles. The maximum atomic E-state index is 14.6. The van der Waals surface area contributed by atoms with Gasteiger partial charge in [-0.05, 0) is 170 Å². The summed E-state index contributed by atoms with van der Waals surface area (Å²) in [6, 6.07) is 17.2. The molecule has 3 saturated carbocycles. The Morgan fingerprint density at radius 1 is 0.564 bits per heavy atom. The van der Waals surface area contributed by atoms with Crippen LogP contribution in [0.1, 0.15) is 165 Å². The van der Waals surface area contributed by atoms with E-state index in [0.29, 0.717) is 36.5 Å². The number of carbonyl (C=O) groups excluding carboxylic acids is 5. The first kappa shape index (κ1) is 54.9. The number of carbonyl (C=O) groups is 5. The Morgan fingerprint density at radius 2 is 1.05 bits per heavy atom. The van der Waals surface area contributed by atoms with Gasteiger partial charge in [0.25, 0.3) is 5.91 Å². The van der Waals surface area contributed by atoms with E-state index in [1.165, 1.54) is 36.2 Å². The van der Waals surface area contributed by atoms with Crippen molar-refractivity contribution >= 4 is 51.7 Å². The normalized spacial score (nSPS) is 24.5. The molecule has 3 aliphatic heterocycles. The summed E-state index contributed by atoms with van der Waals surface area (Å²) in [5, 5.41) is 7.87. The molecule has 3 saturated heterocycles. The van der Waals surface area contributed by atoms with E-state index in [0.717, 1.165) is 105 Å². The van der Waals surface area contributed by atoms with Crippen LogP contribution in [0.4, 0.5) is 18.4 Å². The Hall–Kier alpha value is -6.45. The number of nitrogens with one attached hydrogen (secondary N) is 4. The predicted octanol–water partition coefficient (Wildman–Crippen LogP) is 11.9. The molecule has 0 radical (unpaired) electrons. The van der Waals surface area contributed by atoms with Crippen LogP contribution in [0.15, 0.2) is 79.1 Å². The highest BCUT2D eigenvalue weighted by Crippen LogP contribution is 2.49. The van der Waals surface area contributed by atoms with Crippen molar-refractivity contribution in [3.63, 3.8) is 0 Å². The standard InChI is InChI=1S/C34H41FN4O4.C28H38FN3O3/c1-34(2,3)43-33(42)37-29(21-10-6-4-7-11-21)32(41)38-17-16-28-30(38)26(20-39(28)31(40)22-12-8-5-9-13-22)25-19-36-27-18-23(35)14-15-24(25)27;1-28(2,3)35-27(34)31-24(17-7-5-4-6-8-17)26(33)32-14-13-18-9-11-21(25(18)32)22-16-30-23-15-19(29)10-12-20(22)23/h5,8-9,12-15,18-19,21,26,28-30,36H,4,6-7,10-11,16-17,20H2,1-3H3,(H,37,42);10,12,15-18,21,24-25,30H,4-9,11,13-14H2,1-3H3,(H,31,34)/t26-,28-,29+,30-;18-,21-,24+,25+/m11/s1. The average molecular weight is 1070 g/mol. The van der Waals surface area contributed by atoms with E-state index >= 15 is 0 Å². The van der Waals surface area contributed by atoms with Crippen molar-refractivity contribution in [3.8, 4) is 0 Å². The number of ether oxygens (including phenoxy) is 2. The maximum absolute atomic E-state index is 14.6. The first-order valence-electron chi connectivity index (χ1n) is 28.8. The summed E-state index contributed by atoms with van der Waals surface area (Å²) in [7, 11) is 0. The molecule has 3 aromatic carbocycles. The number of aromatic nitrogens is 2. The molecule has 5 aromatic rings. The Balaban J connectivity index is 0.000000180. The van der Waals surface area contributed by atoms with Gasteiger partial charge in [-0.15, -0.1) is 0 Å². The third-order valence-corrected chi connectivity index (χ3v) is 17.6. The number of fused-ring (bicyclic) bond motifs is 4. The lowest BCUT2D eigenvalue weighted by molar-refractivity contribution is -0.137. The molecular formula is C62H79F2N7O7. The fourth-order valence-corrected chi connectivity index (χ4v) is 14.3. The van der Waals surface area contributed by atoms with E-state index in [9.17, 15) is 32.8 Å². The minimum Gasteiger partial charge on any atom is -0.444 e. The van der Waals surface area contributed by atoms with Gasteiger partial charge < -0.3 is 44.8 Å². The third-order valence-electron chi connectivity index (χ3n) is 17.6. The second-order valence-corrected chi connectivity index (χ2v) is 25.0. The van der Waals surface area contributed by atoms with Crippen molar-refractivity contribution in [2.75, 3.05) is 19.6 Å². The molecule has 0 bridgehead atoms. The van der Waals surface area contributed by atoms with Crippen LogP contribution in [-0.2, 0) is 19.1 Å². The molecule has 5 amide bonds. The van der Waals surface area contributed by atoms with Crippen molar-refractivity contribution in [2.24, 2.45) is 17.8 Å². The monoisotopic (exact) mass is 1070 g/mol. The topological polar surface area (TPSA) is 169 Å². The molecular weight excluding hydrogens is 993 g/mol. The number of rotatable bonds is 9. The van der Waals surface area contributed by atoms with Gasteiger partial charge in [-0.3, -0.25) is 14.4 Å². The van der Waals surface area contributed by atoms with Gasteiger partial charge >= 0.3 is 12.2 Å². The molecule has 2 aromatic heterocycles. The summed E-state index contributed by atoms with van der Waals surface area (Å²) in [6.45, 7) is 12.6. The summed E-state index contributed by atoms with van der Waals surface area (Å²) in [4.78, 5) is 80.6. The zero-order chi connectivity index (χ0) is 55.0. The minimum atomic E-state index is -0.703. The van der Waals surface area contributed by atoms with Crippen molar-refractivity contribution < 1.29 is 42.2 Å². The third kappa shape index (κ3) is 11.8. The average Bonchev–Trinajstić information content (AvgIpc) is 4.46. The molecule has 16 heteroatoms. The van der Waals surface area contributed by atoms with Gasteiger partial charge in [0.1, 0.15) is 34.9 Å². The van der Waals surface area contributed by atoms with Gasteiger partial charge in [-0.1, -0.05) is 56.7 Å². The van der Waals surface area contributed by atoms with Gasteiger partial charge in [-0.2, -0.15) is 0 Å². The SMILES string of the molecule is CC(C)(C)OC(=O)N[C@H](C(=O)N1CC[C@@H]2[C@H]1[C@@H](c1c[nH]c3cc(F)ccc13)CN2C(=O)c1ccccc1)C1CCCCC1.CC(C)(C)OC(=O)N[C@H](C(=O)N1CC[C@H]2CC[C@H](c3c[nH]c4cc(F)ccc34)[C@H]21)C1CCCCC1. The van der Waals surface area contributed by atoms with Crippen LogP contribution in [-0.4, -0.2) is 116 Å². The molecule has 14 nitrogen and oxygen atoms in total. The maximum Gasteiger partial charge on any atom is 0.408 e. The summed E-state index contributed by atoms with van der Waals surface area (Å²) in [5.74, 6) is -0.0793. The number of benzene rings is 3. The van der Waals surface area contributed by atoms with Crippen molar-refractivity contribution in [3.05, 3.63) is 107 Å². The fraction of sp³-hybridized carbons (Fsp3) is 0.565. The highest BCUT2D eigenvalue weighted by molar-refractivity contribution is 5.96. The van der Waals surface area contributed by atoms with Crippen LogP contribution in [0.5, 0.6) is 0 Å². The fourth-order valence-electron chi connectivity index (χ4n) is 14.3. The molecule has 418 valence electrons. The molecule has 0 spiro atoms. The van der Waals surface area contributed by atoms with E-state index in [2.05, 4.69) is 25.5 Å². The van der Waals surface area contributed by atoms with Crippen LogP contribution < -0.4 is 10.6 Å². The number of nitrogens with zero attached hydrogens (tertiary/aromatic N) is 3. The molecule has 6 fully saturated rings. The minimum absolute atomic E-state index is 0.0192. The molecule has 11 rings (SSSR count). The molecule has 0 unspecified atom stereocenters. The van der Waals surface area contributed by atoms with Gasteiger partial charge in [0.15, 0.2) is 0 Å². The zero-order valence-corrected chi connectivity index (χ0v) is 46.3. The number of likely N-dealkylation sites (tertiary alicyclic amines) is 3. The second-order valence-electron chi connectivity index (χ2n) is 25.0. The zero-order valence-electron chi connectivity index (χ0n) is 46.3. The van der Waals surface area contributed by atoms with E-state index in [-0.39, 0.29) is 71.2 Å². The first-order valence-corrected chi connectivity index (χ1v) is 28.8. The lowest BCUT2D eigenvalue weighted by atomic mass is 9.83. The van der Waals surface area contributed by atoms with Crippen LogP contribution in [0, 0.1) is 29.4 Å². The predicted molar refractivity (Wildman–Crippen MR) is 296 cm³/mol. The molecule has 8 atom stereocenters.